The average molecular weight is 343 g/mol. The minimum absolute atomic E-state index is 0.0694. The zero-order valence-electron chi connectivity index (χ0n) is 10.7. The number of hydrogen-bond acceptors (Lipinski definition) is 3. The van der Waals surface area contributed by atoms with Crippen molar-refractivity contribution in [1.29, 1.82) is 0 Å². The fourth-order valence-electron chi connectivity index (χ4n) is 1.80. The summed E-state index contributed by atoms with van der Waals surface area (Å²) in [6, 6.07) is 3.49. The van der Waals surface area contributed by atoms with Gasteiger partial charge in [0.2, 0.25) is 0 Å². The minimum Gasteiger partial charge on any atom is -0.292 e. The number of carbonyl (C=O) groups is 1. The number of ketones is 1. The summed E-state index contributed by atoms with van der Waals surface area (Å²) in [5, 5.41) is 4.87. The molecule has 0 spiro atoms. The molecule has 100 valence electrons. The molecule has 0 unspecified atom stereocenters. The summed E-state index contributed by atoms with van der Waals surface area (Å²) in [6.07, 6.45) is 2.56. The van der Waals surface area contributed by atoms with E-state index in [1.165, 1.54) is 0 Å². The van der Waals surface area contributed by atoms with Crippen LogP contribution in [0.25, 0.3) is 0 Å². The number of pyridine rings is 1. The number of carbonyl (C=O) groups excluding carboxylic acids is 1. The molecule has 0 bridgehead atoms. The van der Waals surface area contributed by atoms with E-state index >= 15 is 0 Å². The molecule has 2 aromatic heterocycles. The molecule has 2 heterocycles. The quantitative estimate of drug-likeness (QED) is 0.802. The lowest BCUT2D eigenvalue weighted by atomic mass is 10.1. The Balaban J connectivity index is 2.24. The van der Waals surface area contributed by atoms with Crippen LogP contribution < -0.4 is 0 Å². The van der Waals surface area contributed by atoms with Gasteiger partial charge in [-0.05, 0) is 34.5 Å². The first-order valence-electron chi connectivity index (χ1n) is 5.88. The van der Waals surface area contributed by atoms with Gasteiger partial charge in [-0.2, -0.15) is 5.10 Å². The molecule has 0 saturated heterocycles. The second-order valence-electron chi connectivity index (χ2n) is 4.15. The Morgan fingerprint density at radius 1 is 1.47 bits per heavy atom. The van der Waals surface area contributed by atoms with Crippen LogP contribution in [0, 0.1) is 0 Å². The molecule has 0 aliphatic carbocycles. The lowest BCUT2D eigenvalue weighted by Crippen LogP contribution is -2.09. The number of aryl methyl sites for hydroxylation is 2. The van der Waals surface area contributed by atoms with Crippen molar-refractivity contribution in [3.8, 4) is 0 Å². The SMILES string of the molecule is CCc1nn(C)c(CC(=O)c2ccc(Br)cn2)c1Cl. The van der Waals surface area contributed by atoms with E-state index in [9.17, 15) is 4.79 Å². The van der Waals surface area contributed by atoms with Gasteiger partial charge in [-0.1, -0.05) is 18.5 Å². The number of aromatic nitrogens is 3. The number of hydrogen-bond donors (Lipinski definition) is 0. The van der Waals surface area contributed by atoms with Gasteiger partial charge < -0.3 is 0 Å². The van der Waals surface area contributed by atoms with Gasteiger partial charge >= 0.3 is 0 Å². The van der Waals surface area contributed by atoms with Gasteiger partial charge in [0.15, 0.2) is 5.78 Å². The monoisotopic (exact) mass is 341 g/mol. The van der Waals surface area contributed by atoms with Gasteiger partial charge in [0.05, 0.1) is 22.8 Å². The van der Waals surface area contributed by atoms with Crippen molar-refractivity contribution in [2.75, 3.05) is 0 Å². The van der Waals surface area contributed by atoms with Crippen LogP contribution in [-0.4, -0.2) is 20.5 Å². The molecule has 0 N–H and O–H groups in total. The van der Waals surface area contributed by atoms with Crippen molar-refractivity contribution in [1.82, 2.24) is 14.8 Å². The molecule has 19 heavy (non-hydrogen) atoms. The highest BCUT2D eigenvalue weighted by Gasteiger charge is 2.17. The van der Waals surface area contributed by atoms with E-state index in [4.69, 9.17) is 11.6 Å². The molecular weight excluding hydrogens is 330 g/mol. The maximum Gasteiger partial charge on any atom is 0.187 e. The lowest BCUT2D eigenvalue weighted by Gasteiger charge is -2.02. The fraction of sp³-hybridized carbons (Fsp3) is 0.308. The van der Waals surface area contributed by atoms with E-state index in [2.05, 4.69) is 26.0 Å². The van der Waals surface area contributed by atoms with Crippen LogP contribution in [0.3, 0.4) is 0 Å². The Labute approximate surface area is 124 Å². The summed E-state index contributed by atoms with van der Waals surface area (Å²) in [5.41, 5.74) is 1.97. The van der Waals surface area contributed by atoms with Crippen molar-refractivity contribution >= 4 is 33.3 Å². The zero-order chi connectivity index (χ0) is 14.0. The van der Waals surface area contributed by atoms with E-state index in [1.54, 1.807) is 30.1 Å². The molecule has 0 radical (unpaired) electrons. The normalized spacial score (nSPS) is 10.7. The molecule has 0 aromatic carbocycles. The van der Waals surface area contributed by atoms with Crippen molar-refractivity contribution < 1.29 is 4.79 Å². The Kier molecular flexibility index (Phi) is 4.37. The van der Waals surface area contributed by atoms with Gasteiger partial charge in [0, 0.05) is 17.7 Å². The Hall–Kier alpha value is -1.20. The van der Waals surface area contributed by atoms with Crippen LogP contribution in [0.5, 0.6) is 0 Å². The zero-order valence-corrected chi connectivity index (χ0v) is 13.0. The molecule has 0 aliphatic rings. The number of Topliss-reactive ketones (excluding diaryl/α,β-unsaturated/α-hetero) is 1. The van der Waals surface area contributed by atoms with Crippen LogP contribution in [0.15, 0.2) is 22.8 Å². The Morgan fingerprint density at radius 3 is 2.74 bits per heavy atom. The Morgan fingerprint density at radius 2 is 2.21 bits per heavy atom. The molecule has 0 saturated carbocycles. The minimum atomic E-state index is -0.0694. The molecular formula is C13H13BrClN3O. The van der Waals surface area contributed by atoms with Crippen molar-refractivity contribution in [3.05, 3.63) is 44.9 Å². The molecule has 2 rings (SSSR count). The highest BCUT2D eigenvalue weighted by Crippen LogP contribution is 2.22. The second-order valence-corrected chi connectivity index (χ2v) is 5.44. The maximum atomic E-state index is 12.1. The molecule has 0 atom stereocenters. The topological polar surface area (TPSA) is 47.8 Å². The van der Waals surface area contributed by atoms with Gasteiger partial charge in [-0.15, -0.1) is 0 Å². The van der Waals surface area contributed by atoms with Crippen molar-refractivity contribution in [2.45, 2.75) is 19.8 Å². The highest BCUT2D eigenvalue weighted by molar-refractivity contribution is 9.10. The summed E-state index contributed by atoms with van der Waals surface area (Å²) >= 11 is 9.51. The lowest BCUT2D eigenvalue weighted by molar-refractivity contribution is 0.0986. The predicted molar refractivity (Wildman–Crippen MR) is 77.6 cm³/mol. The molecule has 0 amide bonds. The van der Waals surface area contributed by atoms with E-state index < -0.39 is 0 Å². The van der Waals surface area contributed by atoms with Gasteiger partial charge in [0.25, 0.3) is 0 Å². The third kappa shape index (κ3) is 3.04. The second kappa shape index (κ2) is 5.84. The van der Waals surface area contributed by atoms with Crippen LogP contribution in [0.4, 0.5) is 0 Å². The summed E-state index contributed by atoms with van der Waals surface area (Å²) in [4.78, 5) is 16.2. The summed E-state index contributed by atoms with van der Waals surface area (Å²) in [6.45, 7) is 1.98. The summed E-state index contributed by atoms with van der Waals surface area (Å²) in [7, 11) is 1.79. The maximum absolute atomic E-state index is 12.1. The van der Waals surface area contributed by atoms with E-state index in [0.717, 1.165) is 22.3 Å². The smallest absolute Gasteiger partial charge is 0.187 e. The molecule has 2 aromatic rings. The number of rotatable bonds is 4. The van der Waals surface area contributed by atoms with Crippen molar-refractivity contribution in [2.24, 2.45) is 7.05 Å². The number of nitrogens with zero attached hydrogens (tertiary/aromatic N) is 3. The predicted octanol–water partition coefficient (Wildman–Crippen LogP) is 3.22. The molecule has 0 fully saturated rings. The first-order valence-corrected chi connectivity index (χ1v) is 7.05. The number of halogens is 2. The third-order valence-electron chi connectivity index (χ3n) is 2.84. The van der Waals surface area contributed by atoms with Gasteiger partial charge in [0.1, 0.15) is 5.69 Å². The first-order chi connectivity index (χ1) is 9.02. The third-order valence-corrected chi connectivity index (χ3v) is 3.75. The van der Waals surface area contributed by atoms with Crippen LogP contribution in [-0.2, 0) is 19.9 Å². The standard InChI is InChI=1S/C13H13BrClN3O/c1-3-9-13(15)11(18(2)17-9)6-12(19)10-5-4-8(14)7-16-10/h4-5,7H,3,6H2,1-2H3. The highest BCUT2D eigenvalue weighted by atomic mass is 79.9. The summed E-state index contributed by atoms with van der Waals surface area (Å²) in [5.74, 6) is -0.0694. The van der Waals surface area contributed by atoms with Gasteiger partial charge in [-0.25, -0.2) is 0 Å². The Bertz CT molecular complexity index is 607. The molecule has 4 nitrogen and oxygen atoms in total. The molecule has 0 aliphatic heterocycles. The van der Waals surface area contributed by atoms with E-state index in [0.29, 0.717) is 10.7 Å². The molecule has 6 heteroatoms. The fourth-order valence-corrected chi connectivity index (χ4v) is 2.39. The largest absolute Gasteiger partial charge is 0.292 e. The van der Waals surface area contributed by atoms with Crippen molar-refractivity contribution in [3.63, 3.8) is 0 Å². The van der Waals surface area contributed by atoms with E-state index in [1.807, 2.05) is 6.92 Å². The van der Waals surface area contributed by atoms with Crippen LogP contribution >= 0.6 is 27.5 Å². The first kappa shape index (κ1) is 14.2. The van der Waals surface area contributed by atoms with Crippen LogP contribution in [0.1, 0.15) is 28.8 Å². The average Bonchev–Trinajstić information content (AvgIpc) is 2.67. The van der Waals surface area contributed by atoms with Crippen LogP contribution in [0.2, 0.25) is 5.02 Å². The van der Waals surface area contributed by atoms with Gasteiger partial charge in [-0.3, -0.25) is 14.5 Å². The van der Waals surface area contributed by atoms with E-state index in [-0.39, 0.29) is 12.2 Å². The summed E-state index contributed by atoms with van der Waals surface area (Å²) < 4.78 is 2.51.